The highest BCUT2D eigenvalue weighted by Crippen LogP contribution is 2.35. The summed E-state index contributed by atoms with van der Waals surface area (Å²) >= 11 is 1.36. The molecule has 158 valence electrons. The molecule has 30 heavy (non-hydrogen) atoms. The van der Waals surface area contributed by atoms with Gasteiger partial charge in [-0.05, 0) is 24.0 Å². The zero-order valence-electron chi connectivity index (χ0n) is 17.6. The number of amides is 4. The third-order valence-electron chi connectivity index (χ3n) is 5.14. The SMILES string of the molecule is CCCC1=C(SCC(=O)NCCc2ccccc2)C2C(=O)N(C)C(=O)[N+](C)=C2N=C1. The monoisotopic (exact) mass is 427 g/mol. The summed E-state index contributed by atoms with van der Waals surface area (Å²) in [6.07, 6.45) is 4.16. The number of hydrogen-bond acceptors (Lipinski definition) is 5. The van der Waals surface area contributed by atoms with Crippen molar-refractivity contribution >= 4 is 41.7 Å². The number of nitrogens with zero attached hydrogens (tertiary/aromatic N) is 3. The Morgan fingerprint density at radius 2 is 1.97 bits per heavy atom. The van der Waals surface area contributed by atoms with Gasteiger partial charge >= 0.3 is 11.9 Å². The second-order valence-corrected chi connectivity index (χ2v) is 8.32. The first-order chi connectivity index (χ1) is 14.4. The molecule has 1 unspecified atom stereocenters. The summed E-state index contributed by atoms with van der Waals surface area (Å²) in [6, 6.07) is 9.59. The lowest BCUT2D eigenvalue weighted by atomic mass is 9.96. The Morgan fingerprint density at radius 1 is 1.23 bits per heavy atom. The van der Waals surface area contributed by atoms with E-state index >= 15 is 0 Å². The molecular weight excluding hydrogens is 400 g/mol. The third-order valence-corrected chi connectivity index (χ3v) is 6.36. The van der Waals surface area contributed by atoms with Gasteiger partial charge in [-0.1, -0.05) is 43.7 Å². The number of dihydropyridines is 1. The average molecular weight is 428 g/mol. The van der Waals surface area contributed by atoms with Gasteiger partial charge in [-0.3, -0.25) is 9.59 Å². The molecule has 0 radical (unpaired) electrons. The molecule has 4 amide bonds. The molecule has 0 aliphatic carbocycles. The molecule has 0 saturated heterocycles. The molecule has 7 nitrogen and oxygen atoms in total. The highest BCUT2D eigenvalue weighted by Gasteiger charge is 2.48. The maximum atomic E-state index is 12.9. The van der Waals surface area contributed by atoms with Gasteiger partial charge in [0.05, 0.1) is 19.8 Å². The smallest absolute Gasteiger partial charge is 0.355 e. The predicted octanol–water partition coefficient (Wildman–Crippen LogP) is 2.47. The number of thioether (sulfide) groups is 1. The molecule has 1 aromatic rings. The molecule has 0 bridgehead atoms. The Bertz CT molecular complexity index is 937. The van der Waals surface area contributed by atoms with Crippen LogP contribution in [0.3, 0.4) is 0 Å². The van der Waals surface area contributed by atoms with E-state index in [4.69, 9.17) is 0 Å². The van der Waals surface area contributed by atoms with Crippen LogP contribution < -0.4 is 5.32 Å². The minimum atomic E-state index is -0.633. The van der Waals surface area contributed by atoms with Gasteiger partial charge < -0.3 is 5.32 Å². The summed E-state index contributed by atoms with van der Waals surface area (Å²) in [5.41, 5.74) is 2.13. The van der Waals surface area contributed by atoms with Gasteiger partial charge in [0, 0.05) is 11.4 Å². The number of amidine groups is 1. The van der Waals surface area contributed by atoms with Crippen molar-refractivity contribution < 1.29 is 19.0 Å². The van der Waals surface area contributed by atoms with Crippen molar-refractivity contribution in [1.82, 2.24) is 10.2 Å². The first-order valence-electron chi connectivity index (χ1n) is 10.1. The lowest BCUT2D eigenvalue weighted by Gasteiger charge is -2.28. The zero-order chi connectivity index (χ0) is 21.7. The summed E-state index contributed by atoms with van der Waals surface area (Å²) in [5.74, 6) is -0.375. The number of hydrogen-bond donors (Lipinski definition) is 1. The molecule has 0 spiro atoms. The van der Waals surface area contributed by atoms with Crippen molar-refractivity contribution in [3.8, 4) is 0 Å². The largest absolute Gasteiger partial charge is 0.445 e. The maximum Gasteiger partial charge on any atom is 0.445 e. The highest BCUT2D eigenvalue weighted by atomic mass is 32.2. The minimum absolute atomic E-state index is 0.0793. The lowest BCUT2D eigenvalue weighted by molar-refractivity contribution is -0.407. The molecule has 3 rings (SSSR count). The Morgan fingerprint density at radius 3 is 2.67 bits per heavy atom. The summed E-state index contributed by atoms with van der Waals surface area (Å²) < 4.78 is 1.41. The summed E-state index contributed by atoms with van der Waals surface area (Å²) in [7, 11) is 3.10. The van der Waals surface area contributed by atoms with Crippen LogP contribution in [-0.2, 0) is 16.0 Å². The van der Waals surface area contributed by atoms with Crippen molar-refractivity contribution in [3.05, 3.63) is 46.4 Å². The first-order valence-corrected chi connectivity index (χ1v) is 11.0. The van der Waals surface area contributed by atoms with E-state index in [0.717, 1.165) is 34.6 Å². The molecular formula is C22H27N4O3S+. The Balaban J connectivity index is 1.70. The van der Waals surface area contributed by atoms with Crippen molar-refractivity contribution in [2.45, 2.75) is 26.2 Å². The van der Waals surface area contributed by atoms with Crippen LogP contribution in [0, 0.1) is 5.92 Å². The predicted molar refractivity (Wildman–Crippen MR) is 119 cm³/mol. The second kappa shape index (κ2) is 9.84. The van der Waals surface area contributed by atoms with Gasteiger partial charge in [0.15, 0.2) is 5.92 Å². The first kappa shape index (κ1) is 22.0. The van der Waals surface area contributed by atoms with Crippen molar-refractivity contribution in [2.24, 2.45) is 10.9 Å². The molecule has 0 aromatic heterocycles. The van der Waals surface area contributed by atoms with Crippen LogP contribution >= 0.6 is 11.8 Å². The molecule has 8 heteroatoms. The summed E-state index contributed by atoms with van der Waals surface area (Å²) in [5, 5.41) is 2.94. The van der Waals surface area contributed by atoms with E-state index in [-0.39, 0.29) is 17.6 Å². The van der Waals surface area contributed by atoms with Gasteiger partial charge in [0.25, 0.3) is 5.84 Å². The normalized spacial score (nSPS) is 18.8. The van der Waals surface area contributed by atoms with Crippen LogP contribution in [0.25, 0.3) is 0 Å². The number of carbonyl (C=O) groups is 3. The summed E-state index contributed by atoms with van der Waals surface area (Å²) in [6.45, 7) is 2.62. The van der Waals surface area contributed by atoms with Crippen molar-refractivity contribution in [2.75, 3.05) is 26.4 Å². The van der Waals surface area contributed by atoms with Gasteiger partial charge in [0.2, 0.25) is 5.91 Å². The van der Waals surface area contributed by atoms with Crippen LogP contribution in [0.5, 0.6) is 0 Å². The number of fused-ring (bicyclic) bond motifs is 1. The molecule has 1 N–H and O–H groups in total. The van der Waals surface area contributed by atoms with E-state index < -0.39 is 11.9 Å². The van der Waals surface area contributed by atoms with Crippen LogP contribution in [0.4, 0.5) is 4.79 Å². The van der Waals surface area contributed by atoms with Crippen LogP contribution in [0.2, 0.25) is 0 Å². The molecule has 2 aliphatic rings. The second-order valence-electron chi connectivity index (χ2n) is 7.30. The molecule has 2 heterocycles. The fraction of sp³-hybridized carbons (Fsp3) is 0.409. The number of benzene rings is 1. The average Bonchev–Trinajstić information content (AvgIpc) is 2.76. The van der Waals surface area contributed by atoms with Crippen LogP contribution in [-0.4, -0.2) is 65.8 Å². The quantitative estimate of drug-likeness (QED) is 0.646. The molecule has 0 fully saturated rings. The van der Waals surface area contributed by atoms with Gasteiger partial charge in [-0.2, -0.15) is 9.48 Å². The van der Waals surface area contributed by atoms with Crippen LogP contribution in [0.1, 0.15) is 25.3 Å². The van der Waals surface area contributed by atoms with Crippen LogP contribution in [0.15, 0.2) is 45.8 Å². The number of urea groups is 1. The van der Waals surface area contributed by atoms with E-state index in [1.165, 1.54) is 28.9 Å². The number of carbonyl (C=O) groups excluding carboxylic acids is 3. The number of nitrogens with one attached hydrogen (secondary N) is 1. The molecule has 1 aromatic carbocycles. The van der Waals surface area contributed by atoms with Gasteiger partial charge in [-0.15, -0.1) is 16.8 Å². The van der Waals surface area contributed by atoms with E-state index in [0.29, 0.717) is 12.4 Å². The Kier molecular flexibility index (Phi) is 7.20. The number of aliphatic imine (C=N–C) groups is 1. The summed E-state index contributed by atoms with van der Waals surface area (Å²) in [4.78, 5) is 43.9. The fourth-order valence-electron chi connectivity index (χ4n) is 3.52. The number of allylic oxidation sites excluding steroid dienone is 1. The Labute approximate surface area is 180 Å². The van der Waals surface area contributed by atoms with E-state index in [1.54, 1.807) is 13.3 Å². The highest BCUT2D eigenvalue weighted by molar-refractivity contribution is 8.03. The number of rotatable bonds is 8. The molecule has 0 saturated carbocycles. The number of imide groups is 1. The lowest BCUT2D eigenvalue weighted by Crippen LogP contribution is -2.52. The Hall–Kier alpha value is -2.74. The standard InChI is InChI=1S/C22H26N4O3S/c1-4-8-16-13-24-20-18(21(28)26(3)22(29)25(20)2)19(16)30-14-17(27)23-12-11-15-9-6-5-7-10-15/h5-7,9-10,13,18H,4,8,11-12,14H2,1-3H3/p+1. The maximum absolute atomic E-state index is 12.9. The zero-order valence-corrected chi connectivity index (χ0v) is 18.4. The van der Waals surface area contributed by atoms with E-state index in [2.05, 4.69) is 17.2 Å². The molecule has 2 aliphatic heterocycles. The van der Waals surface area contributed by atoms with E-state index in [9.17, 15) is 14.4 Å². The topological polar surface area (TPSA) is 81.9 Å². The van der Waals surface area contributed by atoms with Crippen molar-refractivity contribution in [1.29, 1.82) is 0 Å². The van der Waals surface area contributed by atoms with Crippen molar-refractivity contribution in [3.63, 3.8) is 0 Å². The third kappa shape index (κ3) is 4.70. The molecule has 1 atom stereocenters. The van der Waals surface area contributed by atoms with E-state index in [1.807, 2.05) is 30.3 Å². The van der Waals surface area contributed by atoms with Gasteiger partial charge in [0.1, 0.15) is 6.21 Å². The fourth-order valence-corrected chi connectivity index (χ4v) is 4.62. The van der Waals surface area contributed by atoms with Gasteiger partial charge in [-0.25, -0.2) is 4.79 Å². The minimum Gasteiger partial charge on any atom is -0.355 e.